The standard InChI is InChI=1S/C34H46N8O13S3/c1-21-17-42(34(49)38-32(21)47)25-16-22(39-40-36)23(54-25)18-52-29(45)8-4-2-6-27(43)50-12-14-57-58-15-13-51-28(44)7-3-5-9-30(46)53-19-31-55-26(20-56-31)41-11-10-24(35)37-33(41)48/h10-11,17,22-23,25-26,31H,2-9,12-16,18-20H2,1H3,(H2,35,37,48)(H,38,47,49)/t22-,23?,25?,26?,31?/m1/s1. The highest BCUT2D eigenvalue weighted by atomic mass is 33.1. The topological polar surface area (TPSA) is 288 Å². The van der Waals surface area contributed by atoms with Gasteiger partial charge in [0.25, 0.3) is 5.56 Å². The monoisotopic (exact) mass is 870 g/mol. The number of hydrogen-bond donors (Lipinski definition) is 2. The average molecular weight is 871 g/mol. The van der Waals surface area contributed by atoms with Crippen LogP contribution in [0.25, 0.3) is 10.4 Å². The number of H-pyrrole nitrogens is 1. The van der Waals surface area contributed by atoms with E-state index in [0.717, 1.165) is 0 Å². The van der Waals surface area contributed by atoms with E-state index in [2.05, 4.69) is 20.0 Å². The maximum Gasteiger partial charge on any atom is 0.351 e. The lowest BCUT2D eigenvalue weighted by Gasteiger charge is -2.16. The molecule has 2 saturated heterocycles. The van der Waals surface area contributed by atoms with Crippen LogP contribution in [-0.4, -0.2) is 104 Å². The molecular weight excluding hydrogens is 825 g/mol. The summed E-state index contributed by atoms with van der Waals surface area (Å²) in [4.78, 5) is 93.0. The highest BCUT2D eigenvalue weighted by Crippen LogP contribution is 2.32. The quantitative estimate of drug-likeness (QED) is 0.0292. The van der Waals surface area contributed by atoms with E-state index in [1.807, 2.05) is 0 Å². The molecule has 318 valence electrons. The van der Waals surface area contributed by atoms with Crippen molar-refractivity contribution in [3.05, 3.63) is 65.8 Å². The molecule has 2 aromatic heterocycles. The highest BCUT2D eigenvalue weighted by molar-refractivity contribution is 8.76. The van der Waals surface area contributed by atoms with Gasteiger partial charge in [0, 0.05) is 72.2 Å². The molecule has 2 aliphatic heterocycles. The molecule has 2 aliphatic rings. The number of carbonyl (C=O) groups excluding carboxylic acids is 4. The van der Waals surface area contributed by atoms with Crippen LogP contribution in [0.4, 0.5) is 5.82 Å². The molecule has 21 nitrogen and oxygen atoms in total. The molecule has 0 radical (unpaired) electrons. The largest absolute Gasteiger partial charge is 0.465 e. The molecule has 0 bridgehead atoms. The number of nitrogens with two attached hydrogens (primary N) is 1. The summed E-state index contributed by atoms with van der Waals surface area (Å²) in [6.07, 6.45) is 3.12. The third-order valence-corrected chi connectivity index (χ3v) is 11.9. The lowest BCUT2D eigenvalue weighted by molar-refractivity contribution is -0.149. The fourth-order valence-corrected chi connectivity index (χ4v) is 8.19. The molecule has 58 heavy (non-hydrogen) atoms. The van der Waals surface area contributed by atoms with Gasteiger partial charge in [-0.1, -0.05) is 26.7 Å². The van der Waals surface area contributed by atoms with E-state index in [0.29, 0.717) is 48.5 Å². The molecule has 0 saturated carbocycles. The van der Waals surface area contributed by atoms with E-state index in [1.54, 1.807) is 0 Å². The van der Waals surface area contributed by atoms with Gasteiger partial charge in [-0.05, 0) is 44.2 Å². The van der Waals surface area contributed by atoms with Gasteiger partial charge in [-0.3, -0.25) is 38.1 Å². The Kier molecular flexibility index (Phi) is 19.5. The summed E-state index contributed by atoms with van der Waals surface area (Å²) in [6.45, 7) is 1.80. The minimum absolute atomic E-state index is 0.0397. The van der Waals surface area contributed by atoms with Crippen LogP contribution in [0, 0.1) is 6.92 Å². The number of esters is 4. The number of aromatic nitrogens is 4. The van der Waals surface area contributed by atoms with E-state index >= 15 is 0 Å². The summed E-state index contributed by atoms with van der Waals surface area (Å²) in [5.41, 5.74) is 12.6. The number of ether oxygens (including phenoxy) is 6. The second kappa shape index (κ2) is 24.4. The van der Waals surface area contributed by atoms with Gasteiger partial charge in [-0.25, -0.2) is 9.59 Å². The maximum absolute atomic E-state index is 12.3. The highest BCUT2D eigenvalue weighted by Gasteiger charge is 2.37. The number of nitrogens with one attached hydrogen (secondary N) is 1. The molecule has 0 aliphatic carbocycles. The lowest BCUT2D eigenvalue weighted by atomic mass is 10.1. The molecule has 2 fully saturated rings. The molecule has 0 spiro atoms. The first-order valence-corrected chi connectivity index (χ1v) is 22.0. The Morgan fingerprint density at radius 3 is 2.09 bits per heavy atom. The number of nitrogen functional groups attached to an aromatic ring is 1. The fourth-order valence-electron chi connectivity index (χ4n) is 5.54. The number of anilines is 1. The van der Waals surface area contributed by atoms with Gasteiger partial charge in [0.05, 0.1) is 6.04 Å². The van der Waals surface area contributed by atoms with Gasteiger partial charge in [0.2, 0.25) is 0 Å². The predicted molar refractivity (Wildman–Crippen MR) is 212 cm³/mol. The van der Waals surface area contributed by atoms with Crippen molar-refractivity contribution in [3.8, 4) is 0 Å². The number of carbonyl (C=O) groups is 4. The van der Waals surface area contributed by atoms with E-state index in [-0.39, 0.29) is 76.3 Å². The van der Waals surface area contributed by atoms with Crippen LogP contribution < -0.4 is 22.7 Å². The van der Waals surface area contributed by atoms with Crippen LogP contribution in [0.2, 0.25) is 0 Å². The smallest absolute Gasteiger partial charge is 0.351 e. The van der Waals surface area contributed by atoms with Gasteiger partial charge < -0.3 is 34.2 Å². The van der Waals surface area contributed by atoms with Crippen molar-refractivity contribution >= 4 is 63.0 Å². The maximum atomic E-state index is 12.3. The molecule has 4 heterocycles. The summed E-state index contributed by atoms with van der Waals surface area (Å²) in [5.74, 6) is 0.0334. The fraction of sp³-hybridized carbons (Fsp3) is 0.647. The van der Waals surface area contributed by atoms with E-state index in [4.69, 9.17) is 39.7 Å². The molecule has 0 aromatic carbocycles. The molecule has 3 N–H and O–H groups in total. The number of rotatable bonds is 24. The number of hydrogen-bond acceptors (Lipinski definition) is 19. The Bertz CT molecular complexity index is 1940. The second-order valence-electron chi connectivity index (χ2n) is 12.9. The number of unbranched alkanes of at least 4 members (excludes halogenated alkanes) is 2. The first kappa shape index (κ1) is 46.2. The normalized spacial score (nSPS) is 19.9. The van der Waals surface area contributed by atoms with Gasteiger partial charge in [0.15, 0.2) is 0 Å². The molecule has 4 rings (SSSR count). The molecule has 0 amide bonds. The Morgan fingerprint density at radius 1 is 0.914 bits per heavy atom. The van der Waals surface area contributed by atoms with E-state index in [1.165, 1.54) is 67.9 Å². The minimum atomic E-state index is -0.818. The third kappa shape index (κ3) is 15.7. The first-order valence-electron chi connectivity index (χ1n) is 18.4. The summed E-state index contributed by atoms with van der Waals surface area (Å²) in [6, 6.07) is 0.808. The van der Waals surface area contributed by atoms with Crippen LogP contribution in [0.15, 0.2) is 38.0 Å². The van der Waals surface area contributed by atoms with Crippen molar-refractivity contribution in [3.63, 3.8) is 0 Å². The Morgan fingerprint density at radius 2 is 1.50 bits per heavy atom. The molecule has 2 aromatic rings. The van der Waals surface area contributed by atoms with Gasteiger partial charge >= 0.3 is 35.3 Å². The van der Waals surface area contributed by atoms with Crippen LogP contribution >= 0.6 is 33.3 Å². The number of thioether (sulfide) groups is 1. The Balaban J connectivity index is 0.929. The molecular formula is C34H46N8O13S3. The zero-order valence-electron chi connectivity index (χ0n) is 31.7. The van der Waals surface area contributed by atoms with Crippen LogP contribution in [0.3, 0.4) is 0 Å². The van der Waals surface area contributed by atoms with Crippen LogP contribution in [-0.2, 0) is 47.6 Å². The van der Waals surface area contributed by atoms with E-state index in [9.17, 15) is 33.6 Å². The zero-order chi connectivity index (χ0) is 41.9. The van der Waals surface area contributed by atoms with Gasteiger partial charge in [-0.2, -0.15) is 4.98 Å². The lowest BCUT2D eigenvalue weighted by Crippen LogP contribution is -2.33. The first-order chi connectivity index (χ1) is 27.9. The van der Waals surface area contributed by atoms with Gasteiger partial charge in [-0.15, -0.1) is 11.8 Å². The van der Waals surface area contributed by atoms with Crippen molar-refractivity contribution in [1.82, 2.24) is 19.1 Å². The Labute approximate surface area is 343 Å². The molecule has 5 atom stereocenters. The van der Waals surface area contributed by atoms with Crippen molar-refractivity contribution < 1.29 is 47.6 Å². The summed E-state index contributed by atoms with van der Waals surface area (Å²) < 4.78 is 35.2. The van der Waals surface area contributed by atoms with Crippen molar-refractivity contribution in [1.29, 1.82) is 0 Å². The predicted octanol–water partition coefficient (Wildman–Crippen LogP) is 2.91. The van der Waals surface area contributed by atoms with E-state index < -0.39 is 58.9 Å². The Hall–Kier alpha value is -4.48. The van der Waals surface area contributed by atoms with Gasteiger partial charge in [0.1, 0.15) is 56.2 Å². The third-order valence-electron chi connectivity index (χ3n) is 8.51. The van der Waals surface area contributed by atoms with Crippen LogP contribution in [0.5, 0.6) is 0 Å². The molecule has 4 unspecified atom stereocenters. The van der Waals surface area contributed by atoms with Crippen molar-refractivity contribution in [2.75, 3.05) is 49.4 Å². The summed E-state index contributed by atoms with van der Waals surface area (Å²) in [5, 5.41) is 3.70. The van der Waals surface area contributed by atoms with Crippen molar-refractivity contribution in [2.45, 2.75) is 94.7 Å². The number of aromatic amines is 1. The van der Waals surface area contributed by atoms with Crippen LogP contribution in [0.1, 0.15) is 75.8 Å². The minimum Gasteiger partial charge on any atom is -0.465 e. The number of azide groups is 1. The molecule has 24 heteroatoms. The van der Waals surface area contributed by atoms with Crippen molar-refractivity contribution in [2.24, 2.45) is 5.11 Å². The number of aryl methyl sites for hydroxylation is 1. The number of nitrogens with zero attached hydrogens (tertiary/aromatic N) is 6. The second-order valence-corrected chi connectivity index (χ2v) is 16.8. The summed E-state index contributed by atoms with van der Waals surface area (Å²) in [7, 11) is 2.95. The average Bonchev–Trinajstić information content (AvgIpc) is 3.83. The SMILES string of the molecule is Cc1cn(C2C[C@@H](N=[N+]=[N-])C(COC(=O)CCCCC(=O)OCCSSCCOC(=O)CCCCC(=O)OCC3OC(n4ccc(N)nc4=O)CS3)O2)c(=O)[nH]c1=O. The summed E-state index contributed by atoms with van der Waals surface area (Å²) >= 11 is 1.42. The zero-order valence-corrected chi connectivity index (χ0v) is 34.2.